The molecule has 0 atom stereocenters. The maximum absolute atomic E-state index is 12.5. The fourth-order valence-electron chi connectivity index (χ4n) is 2.57. The molecule has 0 aliphatic rings. The summed E-state index contributed by atoms with van der Waals surface area (Å²) >= 11 is 0. The van der Waals surface area contributed by atoms with Crippen molar-refractivity contribution >= 4 is 28.1 Å². The summed E-state index contributed by atoms with van der Waals surface area (Å²) in [5, 5.41) is 25.0. The maximum Gasteiger partial charge on any atom is 0.311 e. The van der Waals surface area contributed by atoms with Gasteiger partial charge in [0, 0.05) is 28.1 Å². The van der Waals surface area contributed by atoms with Crippen molar-refractivity contribution in [2.24, 2.45) is 0 Å². The summed E-state index contributed by atoms with van der Waals surface area (Å²) < 4.78 is 4.93. The number of aromatic hydroxyl groups is 1. The molecule has 0 fully saturated rings. The summed E-state index contributed by atoms with van der Waals surface area (Å²) in [4.78, 5) is 23.0. The normalized spacial score (nSPS) is 10.4. The van der Waals surface area contributed by atoms with Crippen molar-refractivity contribution in [3.8, 4) is 11.5 Å². The Morgan fingerprint density at radius 2 is 1.84 bits per heavy atom. The van der Waals surface area contributed by atoms with E-state index in [-0.39, 0.29) is 22.7 Å². The molecule has 3 aromatic rings. The number of nitrogens with zero attached hydrogens (tertiary/aromatic N) is 1. The molecule has 3 aromatic carbocycles. The number of anilines is 1. The van der Waals surface area contributed by atoms with Crippen LogP contribution < -0.4 is 10.1 Å². The highest BCUT2D eigenvalue weighted by atomic mass is 16.6. The number of nitro groups is 1. The quantitative estimate of drug-likeness (QED) is 0.558. The number of methoxy groups -OCH3 is 1. The molecule has 1 amide bonds. The van der Waals surface area contributed by atoms with Gasteiger partial charge in [-0.1, -0.05) is 24.3 Å². The van der Waals surface area contributed by atoms with Crippen LogP contribution in [0.25, 0.3) is 10.8 Å². The number of amides is 1. The van der Waals surface area contributed by atoms with Crippen LogP contribution in [0.15, 0.2) is 54.6 Å². The Labute approximate surface area is 142 Å². The summed E-state index contributed by atoms with van der Waals surface area (Å²) in [6.07, 6.45) is 0. The molecule has 0 saturated heterocycles. The molecule has 0 aromatic heterocycles. The lowest BCUT2D eigenvalue weighted by Gasteiger charge is -2.10. The van der Waals surface area contributed by atoms with E-state index in [1.54, 1.807) is 36.4 Å². The minimum Gasteiger partial charge on any atom is -0.507 e. The van der Waals surface area contributed by atoms with E-state index in [1.165, 1.54) is 19.2 Å². The van der Waals surface area contributed by atoms with Crippen molar-refractivity contribution in [2.45, 2.75) is 0 Å². The summed E-state index contributed by atoms with van der Waals surface area (Å²) in [5.41, 5.74) is 0.340. The first-order valence-corrected chi connectivity index (χ1v) is 7.35. The minimum absolute atomic E-state index is 0.0802. The second-order valence-corrected chi connectivity index (χ2v) is 5.28. The van der Waals surface area contributed by atoms with Crippen LogP contribution in [-0.2, 0) is 0 Å². The fourth-order valence-corrected chi connectivity index (χ4v) is 2.57. The summed E-state index contributed by atoms with van der Waals surface area (Å²) in [5.74, 6) is -0.313. The van der Waals surface area contributed by atoms with Crippen LogP contribution in [0.1, 0.15) is 10.4 Å². The van der Waals surface area contributed by atoms with Gasteiger partial charge in [-0.05, 0) is 24.3 Å². The molecule has 7 nitrogen and oxygen atoms in total. The molecular formula is C18H14N2O5. The van der Waals surface area contributed by atoms with E-state index < -0.39 is 10.8 Å². The highest BCUT2D eigenvalue weighted by molar-refractivity contribution is 6.10. The second kappa shape index (κ2) is 6.48. The second-order valence-electron chi connectivity index (χ2n) is 5.28. The van der Waals surface area contributed by atoms with Crippen molar-refractivity contribution < 1.29 is 19.6 Å². The van der Waals surface area contributed by atoms with Gasteiger partial charge >= 0.3 is 5.69 Å². The first-order valence-electron chi connectivity index (χ1n) is 7.35. The van der Waals surface area contributed by atoms with Gasteiger partial charge in [-0.2, -0.15) is 0 Å². The Morgan fingerprint density at radius 3 is 2.56 bits per heavy atom. The molecule has 0 spiro atoms. The number of hydrogen-bond acceptors (Lipinski definition) is 5. The van der Waals surface area contributed by atoms with E-state index in [0.29, 0.717) is 16.5 Å². The van der Waals surface area contributed by atoms with Crippen LogP contribution in [0.5, 0.6) is 11.5 Å². The Hall–Kier alpha value is -3.61. The van der Waals surface area contributed by atoms with E-state index in [9.17, 15) is 20.0 Å². The first kappa shape index (κ1) is 16.3. The number of carbonyl (C=O) groups excluding carboxylic acids is 1. The van der Waals surface area contributed by atoms with E-state index in [2.05, 4.69) is 5.32 Å². The van der Waals surface area contributed by atoms with Crippen LogP contribution >= 0.6 is 0 Å². The van der Waals surface area contributed by atoms with Crippen LogP contribution in [0, 0.1) is 10.1 Å². The van der Waals surface area contributed by atoms with E-state index >= 15 is 0 Å². The number of carbonyl (C=O) groups is 1. The zero-order valence-electron chi connectivity index (χ0n) is 13.2. The number of phenolic OH excluding ortho intramolecular Hbond substituents is 1. The molecule has 3 rings (SSSR count). The molecule has 0 aliphatic heterocycles. The Balaban J connectivity index is 1.97. The number of ether oxygens (including phenoxy) is 1. The SMILES string of the molecule is COc1ccc(C(=O)Nc2cccc3c(O)cccc23)cc1[N+](=O)[O-]. The molecule has 0 bridgehead atoms. The van der Waals surface area contributed by atoms with Crippen molar-refractivity contribution in [2.75, 3.05) is 12.4 Å². The molecule has 25 heavy (non-hydrogen) atoms. The molecular weight excluding hydrogens is 324 g/mol. The van der Waals surface area contributed by atoms with Crippen LogP contribution in [0.3, 0.4) is 0 Å². The maximum atomic E-state index is 12.5. The monoisotopic (exact) mass is 338 g/mol. The summed E-state index contributed by atoms with van der Waals surface area (Å²) in [6.45, 7) is 0. The average molecular weight is 338 g/mol. The minimum atomic E-state index is -0.606. The van der Waals surface area contributed by atoms with Crippen molar-refractivity contribution in [1.82, 2.24) is 0 Å². The third-order valence-corrected chi connectivity index (χ3v) is 3.79. The third kappa shape index (κ3) is 3.07. The molecule has 126 valence electrons. The third-order valence-electron chi connectivity index (χ3n) is 3.79. The predicted octanol–water partition coefficient (Wildman–Crippen LogP) is 3.71. The molecule has 0 unspecified atom stereocenters. The van der Waals surface area contributed by atoms with Crippen molar-refractivity contribution in [1.29, 1.82) is 0 Å². The Kier molecular flexibility index (Phi) is 4.21. The van der Waals surface area contributed by atoms with Gasteiger partial charge in [0.25, 0.3) is 5.91 Å². The Bertz CT molecular complexity index is 984. The van der Waals surface area contributed by atoms with Gasteiger partial charge in [-0.15, -0.1) is 0 Å². The average Bonchev–Trinajstić information content (AvgIpc) is 2.62. The molecule has 0 radical (unpaired) electrons. The highest BCUT2D eigenvalue weighted by Crippen LogP contribution is 2.31. The van der Waals surface area contributed by atoms with E-state index in [0.717, 1.165) is 6.07 Å². The van der Waals surface area contributed by atoms with Gasteiger partial charge in [0.1, 0.15) is 5.75 Å². The number of nitrogens with one attached hydrogen (secondary N) is 1. The van der Waals surface area contributed by atoms with E-state index in [1.807, 2.05) is 0 Å². The van der Waals surface area contributed by atoms with E-state index in [4.69, 9.17) is 4.74 Å². The van der Waals surface area contributed by atoms with Crippen molar-refractivity contribution in [3.63, 3.8) is 0 Å². The van der Waals surface area contributed by atoms with Crippen molar-refractivity contribution in [3.05, 3.63) is 70.3 Å². The number of hydrogen-bond donors (Lipinski definition) is 2. The fraction of sp³-hybridized carbons (Fsp3) is 0.0556. The Morgan fingerprint density at radius 1 is 1.12 bits per heavy atom. The zero-order chi connectivity index (χ0) is 18.0. The number of nitro benzene ring substituents is 1. The lowest BCUT2D eigenvalue weighted by Crippen LogP contribution is -2.12. The van der Waals surface area contributed by atoms with Gasteiger partial charge in [-0.3, -0.25) is 14.9 Å². The number of fused-ring (bicyclic) bond motifs is 1. The van der Waals surface area contributed by atoms with Crippen LogP contribution in [-0.4, -0.2) is 23.0 Å². The van der Waals surface area contributed by atoms with Gasteiger partial charge < -0.3 is 15.2 Å². The van der Waals surface area contributed by atoms with Gasteiger partial charge in [0.2, 0.25) is 0 Å². The number of benzene rings is 3. The molecule has 0 aliphatic carbocycles. The van der Waals surface area contributed by atoms with Crippen LogP contribution in [0.2, 0.25) is 0 Å². The lowest BCUT2D eigenvalue weighted by atomic mass is 10.1. The highest BCUT2D eigenvalue weighted by Gasteiger charge is 2.18. The summed E-state index contributed by atoms with van der Waals surface area (Å²) in [6, 6.07) is 14.1. The first-order chi connectivity index (χ1) is 12.0. The lowest BCUT2D eigenvalue weighted by molar-refractivity contribution is -0.385. The molecule has 2 N–H and O–H groups in total. The van der Waals surface area contributed by atoms with Gasteiger partial charge in [0.15, 0.2) is 5.75 Å². The largest absolute Gasteiger partial charge is 0.507 e. The standard InChI is InChI=1S/C18H14N2O5/c1-25-17-9-8-11(10-15(17)20(23)24)18(22)19-14-6-2-5-13-12(14)4-3-7-16(13)21/h2-10,21H,1H3,(H,19,22). The molecule has 0 saturated carbocycles. The molecule has 7 heteroatoms. The number of rotatable bonds is 4. The summed E-state index contributed by atoms with van der Waals surface area (Å²) in [7, 11) is 1.32. The van der Waals surface area contributed by atoms with Gasteiger partial charge in [-0.25, -0.2) is 0 Å². The zero-order valence-corrected chi connectivity index (χ0v) is 13.2. The molecule has 0 heterocycles. The topological polar surface area (TPSA) is 102 Å². The predicted molar refractivity (Wildman–Crippen MR) is 93.2 cm³/mol. The number of phenols is 1. The van der Waals surface area contributed by atoms with Crippen LogP contribution in [0.4, 0.5) is 11.4 Å². The smallest absolute Gasteiger partial charge is 0.311 e. The van der Waals surface area contributed by atoms with Gasteiger partial charge in [0.05, 0.1) is 12.0 Å².